The number of carbonyl (C=O) groups excluding carboxylic acids is 2. The summed E-state index contributed by atoms with van der Waals surface area (Å²) in [7, 11) is 0. The molecule has 2 aromatic carbocycles. The number of nitrogens with two attached hydrogens (primary N) is 1. The van der Waals surface area contributed by atoms with Crippen molar-refractivity contribution in [2.45, 2.75) is 25.4 Å². The molecule has 3 amide bonds. The van der Waals surface area contributed by atoms with Gasteiger partial charge in [-0.2, -0.15) is 0 Å². The van der Waals surface area contributed by atoms with Crippen molar-refractivity contribution in [3.63, 3.8) is 0 Å². The highest BCUT2D eigenvalue weighted by molar-refractivity contribution is 7.99. The van der Waals surface area contributed by atoms with E-state index in [1.54, 1.807) is 0 Å². The van der Waals surface area contributed by atoms with Crippen LogP contribution in [0.4, 0.5) is 4.79 Å². The smallest absolute Gasteiger partial charge is 0.318 e. The van der Waals surface area contributed by atoms with E-state index < -0.39 is 11.9 Å². The van der Waals surface area contributed by atoms with Gasteiger partial charge in [0.05, 0.1) is 5.69 Å². The Hall–Kier alpha value is -3.13. The summed E-state index contributed by atoms with van der Waals surface area (Å²) < 4.78 is 1.98. The Kier molecular flexibility index (Phi) is 6.10. The number of urea groups is 1. The van der Waals surface area contributed by atoms with Crippen molar-refractivity contribution < 1.29 is 9.59 Å². The highest BCUT2D eigenvalue weighted by atomic mass is 32.2. The van der Waals surface area contributed by atoms with Gasteiger partial charge < -0.3 is 5.73 Å². The van der Waals surface area contributed by atoms with Crippen molar-refractivity contribution in [2.75, 3.05) is 5.75 Å². The molecule has 0 aliphatic rings. The van der Waals surface area contributed by atoms with Gasteiger partial charge in [0.25, 0.3) is 0 Å². The molecule has 0 radical (unpaired) electrons. The summed E-state index contributed by atoms with van der Waals surface area (Å²) in [5.74, 6) is 0.755. The number of imide groups is 1. The third-order valence-corrected chi connectivity index (χ3v) is 5.17. The molecule has 0 unspecified atom stereocenters. The molecule has 8 heteroatoms. The van der Waals surface area contributed by atoms with Gasteiger partial charge in [0.2, 0.25) is 5.91 Å². The van der Waals surface area contributed by atoms with Crippen molar-refractivity contribution in [1.29, 1.82) is 0 Å². The Bertz CT molecular complexity index is 1000. The fourth-order valence-corrected chi connectivity index (χ4v) is 3.56. The molecule has 1 heterocycles. The molecule has 3 aromatic rings. The van der Waals surface area contributed by atoms with Gasteiger partial charge in [0, 0.05) is 17.7 Å². The number of hydrogen-bond acceptors (Lipinski definition) is 5. The molecule has 0 atom stereocenters. The Morgan fingerprint density at radius 2 is 1.82 bits per heavy atom. The van der Waals surface area contributed by atoms with Gasteiger partial charge >= 0.3 is 6.03 Å². The lowest BCUT2D eigenvalue weighted by Gasteiger charge is -2.12. The third kappa shape index (κ3) is 4.58. The molecule has 1 aromatic heterocycles. The molecule has 28 heavy (non-hydrogen) atoms. The predicted octanol–water partition coefficient (Wildman–Crippen LogP) is 3.23. The van der Waals surface area contributed by atoms with E-state index in [1.807, 2.05) is 41.0 Å². The van der Waals surface area contributed by atoms with Crippen molar-refractivity contribution >= 4 is 23.7 Å². The zero-order chi connectivity index (χ0) is 20.1. The maximum atomic E-state index is 11.6. The van der Waals surface area contributed by atoms with Crippen molar-refractivity contribution in [3.05, 3.63) is 59.7 Å². The average Bonchev–Trinajstić information content (AvgIpc) is 3.08. The SMILES string of the molecule is Cc1ccc(-n2c(SCCC(=O)NC(N)=O)nnc2-c2ccccc2)cc1C. The van der Waals surface area contributed by atoms with E-state index in [1.165, 1.54) is 22.9 Å². The highest BCUT2D eigenvalue weighted by Gasteiger charge is 2.17. The van der Waals surface area contributed by atoms with Gasteiger partial charge in [-0.15, -0.1) is 10.2 Å². The number of hydrogen-bond donors (Lipinski definition) is 2. The van der Waals surface area contributed by atoms with E-state index in [4.69, 9.17) is 5.73 Å². The van der Waals surface area contributed by atoms with Crippen LogP contribution in [-0.4, -0.2) is 32.5 Å². The van der Waals surface area contributed by atoms with E-state index in [0.717, 1.165) is 17.1 Å². The molecule has 0 aliphatic carbocycles. The molecular formula is C20H21N5O2S. The quantitative estimate of drug-likeness (QED) is 0.624. The Morgan fingerprint density at radius 3 is 2.50 bits per heavy atom. The van der Waals surface area contributed by atoms with Gasteiger partial charge in [-0.25, -0.2) is 4.79 Å². The first-order valence-corrected chi connectivity index (χ1v) is 9.75. The first-order chi connectivity index (χ1) is 13.5. The number of aryl methyl sites for hydroxylation is 2. The zero-order valence-electron chi connectivity index (χ0n) is 15.7. The van der Waals surface area contributed by atoms with Crippen LogP contribution in [0.2, 0.25) is 0 Å². The summed E-state index contributed by atoms with van der Waals surface area (Å²) in [6, 6.07) is 15.2. The zero-order valence-corrected chi connectivity index (χ0v) is 16.5. The lowest BCUT2D eigenvalue weighted by atomic mass is 10.1. The molecule has 0 spiro atoms. The Morgan fingerprint density at radius 1 is 1.07 bits per heavy atom. The molecule has 0 fully saturated rings. The number of thioether (sulfide) groups is 1. The number of rotatable bonds is 6. The van der Waals surface area contributed by atoms with Crippen LogP contribution in [0.25, 0.3) is 17.1 Å². The second-order valence-electron chi connectivity index (χ2n) is 6.29. The fourth-order valence-electron chi connectivity index (χ4n) is 2.67. The monoisotopic (exact) mass is 395 g/mol. The van der Waals surface area contributed by atoms with Gasteiger partial charge in [0.1, 0.15) is 0 Å². The van der Waals surface area contributed by atoms with Gasteiger partial charge in [0.15, 0.2) is 11.0 Å². The van der Waals surface area contributed by atoms with E-state index in [9.17, 15) is 9.59 Å². The van der Waals surface area contributed by atoms with Crippen LogP contribution in [0.3, 0.4) is 0 Å². The Balaban J connectivity index is 1.92. The maximum absolute atomic E-state index is 11.6. The minimum Gasteiger partial charge on any atom is -0.351 e. The standard InChI is InChI=1S/C20H21N5O2S/c1-13-8-9-16(12-14(13)2)25-18(15-6-4-3-5-7-15)23-24-20(25)28-11-10-17(26)22-19(21)27/h3-9,12H,10-11H2,1-2H3,(H3,21,22,26,27). The maximum Gasteiger partial charge on any atom is 0.318 e. The van der Waals surface area contributed by atoms with Crippen molar-refractivity contribution in [2.24, 2.45) is 5.73 Å². The number of primary amides is 1. The molecule has 0 aliphatic heterocycles. The summed E-state index contributed by atoms with van der Waals surface area (Å²) in [4.78, 5) is 22.4. The minimum atomic E-state index is -0.848. The number of benzene rings is 2. The second kappa shape index (κ2) is 8.71. The summed E-state index contributed by atoms with van der Waals surface area (Å²) in [5, 5.41) is 11.4. The van der Waals surface area contributed by atoms with E-state index in [-0.39, 0.29) is 6.42 Å². The molecular weight excluding hydrogens is 374 g/mol. The number of nitrogens with one attached hydrogen (secondary N) is 1. The van der Waals surface area contributed by atoms with Crippen molar-refractivity contribution in [3.8, 4) is 17.1 Å². The molecule has 7 nitrogen and oxygen atoms in total. The second-order valence-corrected chi connectivity index (χ2v) is 7.35. The number of nitrogens with zero attached hydrogens (tertiary/aromatic N) is 3. The lowest BCUT2D eigenvalue weighted by Crippen LogP contribution is -2.35. The molecule has 144 valence electrons. The molecule has 3 N–H and O–H groups in total. The van der Waals surface area contributed by atoms with Crippen LogP contribution in [-0.2, 0) is 4.79 Å². The normalized spacial score (nSPS) is 10.6. The summed E-state index contributed by atoms with van der Waals surface area (Å²) in [5.41, 5.74) is 9.24. The van der Waals surface area contributed by atoms with E-state index in [2.05, 4.69) is 41.5 Å². The van der Waals surface area contributed by atoms with Gasteiger partial charge in [-0.05, 0) is 37.1 Å². The van der Waals surface area contributed by atoms with Crippen LogP contribution < -0.4 is 11.1 Å². The first-order valence-electron chi connectivity index (χ1n) is 8.76. The van der Waals surface area contributed by atoms with Crippen molar-refractivity contribution in [1.82, 2.24) is 20.1 Å². The number of carbonyl (C=O) groups is 2. The van der Waals surface area contributed by atoms with Crippen LogP contribution in [0.15, 0.2) is 53.7 Å². The number of amides is 3. The third-order valence-electron chi connectivity index (χ3n) is 4.24. The molecule has 0 saturated carbocycles. The largest absolute Gasteiger partial charge is 0.351 e. The van der Waals surface area contributed by atoms with Crippen LogP contribution in [0.5, 0.6) is 0 Å². The first kappa shape index (κ1) is 19.6. The van der Waals surface area contributed by atoms with Gasteiger partial charge in [-0.3, -0.25) is 14.7 Å². The summed E-state index contributed by atoms with van der Waals surface area (Å²) in [6.45, 7) is 4.13. The highest BCUT2D eigenvalue weighted by Crippen LogP contribution is 2.29. The van der Waals surface area contributed by atoms with E-state index >= 15 is 0 Å². The van der Waals surface area contributed by atoms with Gasteiger partial charge in [-0.1, -0.05) is 48.2 Å². The van der Waals surface area contributed by atoms with Crippen LogP contribution in [0.1, 0.15) is 17.5 Å². The van der Waals surface area contributed by atoms with Crippen LogP contribution >= 0.6 is 11.8 Å². The molecule has 0 saturated heterocycles. The lowest BCUT2D eigenvalue weighted by molar-refractivity contribution is -0.119. The van der Waals surface area contributed by atoms with E-state index in [0.29, 0.717) is 10.9 Å². The fraction of sp³-hybridized carbons (Fsp3) is 0.200. The Labute approximate surface area is 167 Å². The molecule has 3 rings (SSSR count). The summed E-state index contributed by atoms with van der Waals surface area (Å²) >= 11 is 1.40. The average molecular weight is 395 g/mol. The topological polar surface area (TPSA) is 103 Å². The minimum absolute atomic E-state index is 0.147. The van der Waals surface area contributed by atoms with Crippen LogP contribution in [0, 0.1) is 13.8 Å². The summed E-state index contributed by atoms with van der Waals surface area (Å²) in [6.07, 6.45) is 0.147. The molecule has 0 bridgehead atoms. The number of aromatic nitrogens is 3. The predicted molar refractivity (Wildman–Crippen MR) is 109 cm³/mol.